The lowest BCUT2D eigenvalue weighted by Crippen LogP contribution is -2.63. The summed E-state index contributed by atoms with van der Waals surface area (Å²) in [4.78, 5) is 12.5. The minimum atomic E-state index is -0.760. The van der Waals surface area contributed by atoms with Crippen molar-refractivity contribution in [1.82, 2.24) is 5.27 Å². The van der Waals surface area contributed by atoms with Crippen LogP contribution in [0.25, 0.3) is 5.32 Å². The van der Waals surface area contributed by atoms with Crippen molar-refractivity contribution in [1.29, 1.82) is 0 Å². The maximum absolute atomic E-state index is 11.2. The Balaban J connectivity index is 2.05. The lowest BCUT2D eigenvalue weighted by Gasteiger charge is -2.19. The number of carbonyl (C=O) groups excluding carboxylic acids is 1. The molecule has 1 saturated heterocycles. The molecule has 9 heteroatoms. The van der Waals surface area contributed by atoms with Crippen molar-refractivity contribution in [2.24, 2.45) is 0 Å². The van der Waals surface area contributed by atoms with Crippen molar-refractivity contribution < 1.29 is 23.6 Å². The van der Waals surface area contributed by atoms with E-state index in [2.05, 4.69) is 15.3 Å². The molecule has 0 radical (unpaired) electrons. The smallest absolute Gasteiger partial charge is 0.360 e. The number of carbonyl (C=O) groups is 1. The summed E-state index contributed by atoms with van der Waals surface area (Å²) >= 11 is 6.02. The summed E-state index contributed by atoms with van der Waals surface area (Å²) in [7, 11) is 0. The van der Waals surface area contributed by atoms with Gasteiger partial charge in [0.1, 0.15) is 0 Å². The van der Waals surface area contributed by atoms with E-state index in [1.54, 1.807) is 6.92 Å². The molecule has 18 heavy (non-hydrogen) atoms. The predicted octanol–water partition coefficient (Wildman–Crippen LogP) is 0.745. The van der Waals surface area contributed by atoms with Gasteiger partial charge in [-0.2, -0.15) is 0 Å². The minimum absolute atomic E-state index is 0.0680. The molecule has 1 aliphatic rings. The summed E-state index contributed by atoms with van der Waals surface area (Å²) < 4.78 is 14.8. The first kappa shape index (κ1) is 12.9. The Morgan fingerprint density at radius 3 is 3.00 bits per heavy atom. The lowest BCUT2D eigenvalue weighted by molar-refractivity contribution is -0.757. The molecular weight excluding hydrogens is 264 g/mol. The van der Waals surface area contributed by atoms with Crippen LogP contribution in [0, 0.1) is 0 Å². The van der Waals surface area contributed by atoms with Crippen LogP contribution in [0.15, 0.2) is 4.52 Å². The van der Waals surface area contributed by atoms with Gasteiger partial charge in [-0.3, -0.25) is 4.79 Å². The van der Waals surface area contributed by atoms with Crippen LogP contribution in [0.4, 0.5) is 10.7 Å². The molecule has 0 unspecified atom stereocenters. The number of aromatic nitrogens is 2. The highest BCUT2D eigenvalue weighted by Crippen LogP contribution is 2.25. The monoisotopic (exact) mass is 276 g/mol. The largest absolute Gasteiger partial charge is 0.551 e. The fourth-order valence-corrected chi connectivity index (χ4v) is 1.68. The van der Waals surface area contributed by atoms with Crippen LogP contribution in [0.5, 0.6) is 0 Å². The second kappa shape index (κ2) is 5.87. The molecule has 100 valence electrons. The van der Waals surface area contributed by atoms with Crippen molar-refractivity contribution in [3.8, 4) is 0 Å². The van der Waals surface area contributed by atoms with E-state index >= 15 is 0 Å². The van der Waals surface area contributed by atoms with E-state index in [1.165, 1.54) is 4.79 Å². The molecule has 1 fully saturated rings. The number of ether oxygens (including phenoxy) is 2. The van der Waals surface area contributed by atoms with Gasteiger partial charge < -0.3 is 19.3 Å². The zero-order chi connectivity index (χ0) is 13.0. The summed E-state index contributed by atoms with van der Waals surface area (Å²) in [5, 5.41) is 9.26. The topological polar surface area (TPSA) is 82.8 Å². The normalized spacial score (nSPS) is 15.6. The van der Waals surface area contributed by atoms with Gasteiger partial charge in [-0.1, -0.05) is 0 Å². The fourth-order valence-electron chi connectivity index (χ4n) is 1.46. The maximum atomic E-state index is 11.2. The van der Waals surface area contributed by atoms with E-state index in [1.807, 2.05) is 5.01 Å². The first-order valence-electron chi connectivity index (χ1n) is 5.51. The summed E-state index contributed by atoms with van der Waals surface area (Å²) in [5.74, 6) is -0.0680. The third-order valence-corrected chi connectivity index (χ3v) is 2.59. The molecule has 0 aromatic carbocycles. The standard InChI is InChI=1S/C9H13ClN4O4/c1-2-17-9(15)11-8-7(10)14(12-18-8)13-3-5-16-6-4-13/h2-6H2,1H3. The number of hydrogen-bond acceptors (Lipinski definition) is 6. The number of morpholine rings is 1. The van der Waals surface area contributed by atoms with Gasteiger partial charge in [0.15, 0.2) is 5.88 Å². The zero-order valence-electron chi connectivity index (χ0n) is 9.84. The highest BCUT2D eigenvalue weighted by atomic mass is 35.5. The first-order valence-corrected chi connectivity index (χ1v) is 5.89. The molecule has 2 rings (SSSR count). The van der Waals surface area contributed by atoms with E-state index in [9.17, 15) is 4.79 Å². The van der Waals surface area contributed by atoms with Gasteiger partial charge in [0, 0.05) is 0 Å². The van der Waals surface area contributed by atoms with Crippen molar-refractivity contribution >= 4 is 23.6 Å². The van der Waals surface area contributed by atoms with E-state index < -0.39 is 6.09 Å². The van der Waals surface area contributed by atoms with Crippen molar-refractivity contribution in [2.45, 2.75) is 6.92 Å². The molecular formula is C9H13ClN4O4. The second-order valence-corrected chi connectivity index (χ2v) is 3.79. The molecule has 0 N–H and O–H groups in total. The Kier molecular flexibility index (Phi) is 4.21. The summed E-state index contributed by atoms with van der Waals surface area (Å²) in [6.45, 7) is 4.35. The molecule has 8 nitrogen and oxygen atoms in total. The third-order valence-electron chi connectivity index (χ3n) is 2.27. The predicted molar refractivity (Wildman–Crippen MR) is 60.5 cm³/mol. The van der Waals surface area contributed by atoms with Gasteiger partial charge in [0.05, 0.1) is 37.7 Å². The SMILES string of the molecule is CCOC(=O)[N-]c1on[n+](N2CCOCC2)c1Cl. The van der Waals surface area contributed by atoms with Gasteiger partial charge in [-0.05, 0) is 18.5 Å². The molecule has 1 aliphatic heterocycles. The molecule has 1 amide bonds. The average Bonchev–Trinajstić information content (AvgIpc) is 2.72. The Morgan fingerprint density at radius 1 is 1.61 bits per heavy atom. The summed E-state index contributed by atoms with van der Waals surface area (Å²) in [5.41, 5.74) is 0. The minimum Gasteiger partial charge on any atom is -0.551 e. The number of hydrogen-bond donors (Lipinski definition) is 0. The van der Waals surface area contributed by atoms with Crippen LogP contribution in [-0.4, -0.2) is 44.3 Å². The molecule has 1 aromatic heterocycles. The van der Waals surface area contributed by atoms with Crippen molar-refractivity contribution in [2.75, 3.05) is 37.9 Å². The van der Waals surface area contributed by atoms with Gasteiger partial charge in [0.25, 0.3) is 0 Å². The Morgan fingerprint density at radius 2 is 2.33 bits per heavy atom. The lowest BCUT2D eigenvalue weighted by atomic mass is 10.5. The molecule has 0 spiro atoms. The summed E-state index contributed by atoms with van der Waals surface area (Å²) in [6, 6.07) is 0. The quantitative estimate of drug-likeness (QED) is 0.758. The van der Waals surface area contributed by atoms with Gasteiger partial charge in [0.2, 0.25) is 11.4 Å². The number of nitrogens with zero attached hydrogens (tertiary/aromatic N) is 4. The highest BCUT2D eigenvalue weighted by molar-refractivity contribution is 6.31. The average molecular weight is 277 g/mol. The maximum Gasteiger partial charge on any atom is 0.360 e. The summed E-state index contributed by atoms with van der Waals surface area (Å²) in [6.07, 6.45) is -0.760. The molecule has 0 bridgehead atoms. The van der Waals surface area contributed by atoms with Crippen molar-refractivity contribution in [3.05, 3.63) is 10.5 Å². The Bertz CT molecular complexity index is 419. The Labute approximate surface area is 108 Å². The zero-order valence-corrected chi connectivity index (χ0v) is 10.6. The van der Waals surface area contributed by atoms with Crippen LogP contribution in [-0.2, 0) is 9.47 Å². The Hall–Kier alpha value is -1.54. The van der Waals surface area contributed by atoms with E-state index in [4.69, 9.17) is 20.9 Å². The van der Waals surface area contributed by atoms with Crippen LogP contribution < -0.4 is 9.80 Å². The van der Waals surface area contributed by atoms with Gasteiger partial charge >= 0.3 is 5.15 Å². The first-order chi connectivity index (χ1) is 8.72. The molecule has 1 aromatic rings. The van der Waals surface area contributed by atoms with Gasteiger partial charge in [-0.15, -0.1) is 5.01 Å². The second-order valence-electron chi connectivity index (χ2n) is 3.44. The van der Waals surface area contributed by atoms with Crippen molar-refractivity contribution in [3.63, 3.8) is 0 Å². The van der Waals surface area contributed by atoms with Crippen LogP contribution in [0.3, 0.4) is 0 Å². The molecule has 0 saturated carbocycles. The van der Waals surface area contributed by atoms with Gasteiger partial charge in [-0.25, -0.2) is 0 Å². The van der Waals surface area contributed by atoms with E-state index in [0.29, 0.717) is 26.3 Å². The third kappa shape index (κ3) is 2.82. The molecule has 2 heterocycles. The number of amides is 1. The van der Waals surface area contributed by atoms with Crippen LogP contribution in [0.1, 0.15) is 6.92 Å². The number of rotatable bonds is 3. The van der Waals surface area contributed by atoms with Crippen LogP contribution >= 0.6 is 11.6 Å². The fraction of sp³-hybridized carbons (Fsp3) is 0.667. The molecule has 0 aliphatic carbocycles. The van der Waals surface area contributed by atoms with Crippen LogP contribution in [0.2, 0.25) is 5.15 Å². The molecule has 0 atom stereocenters. The number of halogens is 1. The highest BCUT2D eigenvalue weighted by Gasteiger charge is 2.27. The van der Waals surface area contributed by atoms with E-state index in [-0.39, 0.29) is 17.6 Å². The van der Waals surface area contributed by atoms with E-state index in [0.717, 1.165) is 0 Å².